The molecule has 6 heteroatoms. The number of aliphatic hydroxyl groups excluding tert-OH is 1. The molecule has 2 heterocycles. The highest BCUT2D eigenvalue weighted by Crippen LogP contribution is 2.32. The predicted molar refractivity (Wildman–Crippen MR) is 79.6 cm³/mol. The van der Waals surface area contributed by atoms with Crippen LogP contribution in [0.4, 0.5) is 0 Å². The molecule has 2 rings (SSSR count). The van der Waals surface area contributed by atoms with Gasteiger partial charge in [-0.3, -0.25) is 9.59 Å². The van der Waals surface area contributed by atoms with Crippen molar-refractivity contribution in [2.45, 2.75) is 57.7 Å². The lowest BCUT2D eigenvalue weighted by molar-refractivity contribution is -0.163. The van der Waals surface area contributed by atoms with Crippen molar-refractivity contribution < 1.29 is 14.7 Å². The van der Waals surface area contributed by atoms with E-state index in [9.17, 15) is 14.7 Å². The molecule has 6 nitrogen and oxygen atoms in total. The summed E-state index contributed by atoms with van der Waals surface area (Å²) in [7, 11) is 0. The molecule has 3 N–H and O–H groups in total. The van der Waals surface area contributed by atoms with Crippen LogP contribution in [0.3, 0.4) is 0 Å². The lowest BCUT2D eigenvalue weighted by Gasteiger charge is -2.51. The molecule has 0 aromatic carbocycles. The predicted octanol–water partition coefficient (Wildman–Crippen LogP) is -0.137. The molecule has 2 fully saturated rings. The zero-order chi connectivity index (χ0) is 15.6. The smallest absolute Gasteiger partial charge is 0.248 e. The van der Waals surface area contributed by atoms with Crippen molar-refractivity contribution in [3.8, 4) is 0 Å². The van der Waals surface area contributed by atoms with Crippen molar-refractivity contribution in [2.75, 3.05) is 19.6 Å². The molecule has 2 atom stereocenters. The third-order valence-corrected chi connectivity index (χ3v) is 4.66. The highest BCUT2D eigenvalue weighted by molar-refractivity contribution is 6.00. The first-order valence-electron chi connectivity index (χ1n) is 7.95. The maximum Gasteiger partial charge on any atom is 0.248 e. The van der Waals surface area contributed by atoms with Gasteiger partial charge in [0.15, 0.2) is 0 Å². The number of hydrogen-bond donors (Lipinski definition) is 3. The maximum atomic E-state index is 12.8. The van der Waals surface area contributed by atoms with Gasteiger partial charge in [0.1, 0.15) is 11.6 Å². The van der Waals surface area contributed by atoms with E-state index in [0.29, 0.717) is 19.4 Å². The van der Waals surface area contributed by atoms with Gasteiger partial charge in [0.25, 0.3) is 0 Å². The fraction of sp³-hybridized carbons (Fsp3) is 0.867. The van der Waals surface area contributed by atoms with E-state index in [4.69, 9.17) is 0 Å². The number of amides is 2. The van der Waals surface area contributed by atoms with Crippen molar-refractivity contribution in [1.29, 1.82) is 0 Å². The lowest BCUT2D eigenvalue weighted by atomic mass is 9.81. The molecule has 120 valence electrons. The van der Waals surface area contributed by atoms with Crippen LogP contribution in [-0.4, -0.2) is 59.1 Å². The van der Waals surface area contributed by atoms with E-state index in [-0.39, 0.29) is 17.7 Å². The Morgan fingerprint density at radius 3 is 2.48 bits per heavy atom. The number of rotatable bonds is 4. The summed E-state index contributed by atoms with van der Waals surface area (Å²) in [5.74, 6) is -0.328. The third-order valence-electron chi connectivity index (χ3n) is 4.66. The van der Waals surface area contributed by atoms with E-state index in [1.165, 1.54) is 0 Å². The van der Waals surface area contributed by atoms with E-state index in [1.54, 1.807) is 4.90 Å². The molecular weight excluding hydrogens is 270 g/mol. The molecule has 1 spiro atoms. The van der Waals surface area contributed by atoms with Gasteiger partial charge in [-0.15, -0.1) is 0 Å². The Labute approximate surface area is 126 Å². The lowest BCUT2D eigenvalue weighted by Crippen LogP contribution is -2.74. The first-order chi connectivity index (χ1) is 9.94. The summed E-state index contributed by atoms with van der Waals surface area (Å²) in [5.41, 5.74) is -0.731. The van der Waals surface area contributed by atoms with Gasteiger partial charge in [0, 0.05) is 6.54 Å². The summed E-state index contributed by atoms with van der Waals surface area (Å²) in [5, 5.41) is 16.3. The van der Waals surface area contributed by atoms with Gasteiger partial charge in [-0.1, -0.05) is 20.8 Å². The van der Waals surface area contributed by atoms with Crippen LogP contribution < -0.4 is 10.6 Å². The highest BCUT2D eigenvalue weighted by Gasteiger charge is 2.53. The quantitative estimate of drug-likeness (QED) is 0.675. The summed E-state index contributed by atoms with van der Waals surface area (Å²) < 4.78 is 0. The Kier molecular flexibility index (Phi) is 4.88. The van der Waals surface area contributed by atoms with Crippen LogP contribution in [0.5, 0.6) is 0 Å². The zero-order valence-electron chi connectivity index (χ0n) is 13.2. The number of nitrogens with zero attached hydrogens (tertiary/aromatic N) is 1. The van der Waals surface area contributed by atoms with Crippen LogP contribution in [0.2, 0.25) is 0 Å². The number of piperazine rings is 1. The van der Waals surface area contributed by atoms with Crippen LogP contribution in [0.15, 0.2) is 0 Å². The highest BCUT2D eigenvalue weighted by atomic mass is 16.3. The van der Waals surface area contributed by atoms with Gasteiger partial charge >= 0.3 is 0 Å². The molecule has 2 saturated heterocycles. The molecule has 0 aromatic rings. The molecule has 2 aliphatic heterocycles. The number of carbonyl (C=O) groups is 2. The van der Waals surface area contributed by atoms with Gasteiger partial charge in [-0.25, -0.2) is 0 Å². The Hall–Kier alpha value is -1.14. The van der Waals surface area contributed by atoms with Crippen molar-refractivity contribution in [3.05, 3.63) is 0 Å². The van der Waals surface area contributed by atoms with Crippen LogP contribution in [0.25, 0.3) is 0 Å². The molecule has 0 radical (unpaired) electrons. The van der Waals surface area contributed by atoms with Crippen LogP contribution in [0, 0.1) is 5.92 Å². The van der Waals surface area contributed by atoms with E-state index in [2.05, 4.69) is 10.6 Å². The number of aliphatic hydroxyl groups is 1. The Morgan fingerprint density at radius 1 is 1.33 bits per heavy atom. The molecule has 0 aromatic heterocycles. The second-order valence-corrected chi connectivity index (χ2v) is 6.46. The second kappa shape index (κ2) is 6.32. The van der Waals surface area contributed by atoms with E-state index < -0.39 is 17.7 Å². The van der Waals surface area contributed by atoms with E-state index in [0.717, 1.165) is 19.5 Å². The molecular formula is C15H27N3O3. The Morgan fingerprint density at radius 2 is 1.95 bits per heavy atom. The number of piperidine rings is 1. The normalized spacial score (nSPS) is 27.1. The van der Waals surface area contributed by atoms with E-state index >= 15 is 0 Å². The van der Waals surface area contributed by atoms with Gasteiger partial charge in [0.2, 0.25) is 11.8 Å². The molecule has 0 aliphatic carbocycles. The fourth-order valence-corrected chi connectivity index (χ4v) is 3.34. The monoisotopic (exact) mass is 297 g/mol. The second-order valence-electron chi connectivity index (χ2n) is 6.46. The van der Waals surface area contributed by atoms with Gasteiger partial charge < -0.3 is 20.6 Å². The minimum absolute atomic E-state index is 0.0789. The Balaban J connectivity index is 2.30. The molecule has 0 bridgehead atoms. The van der Waals surface area contributed by atoms with E-state index in [1.807, 2.05) is 20.8 Å². The van der Waals surface area contributed by atoms with Crippen molar-refractivity contribution in [2.24, 2.45) is 5.92 Å². The van der Waals surface area contributed by atoms with Crippen molar-refractivity contribution in [1.82, 2.24) is 15.5 Å². The number of hydrogen-bond acceptors (Lipinski definition) is 4. The molecule has 21 heavy (non-hydrogen) atoms. The fourth-order valence-electron chi connectivity index (χ4n) is 3.34. The third kappa shape index (κ3) is 2.79. The topological polar surface area (TPSA) is 81.7 Å². The number of carbonyl (C=O) groups excluding carboxylic acids is 2. The number of nitrogens with one attached hydrogen (secondary N) is 2. The minimum Gasteiger partial charge on any atom is -0.390 e. The molecule has 2 aliphatic rings. The van der Waals surface area contributed by atoms with Crippen LogP contribution in [-0.2, 0) is 9.59 Å². The van der Waals surface area contributed by atoms with Crippen LogP contribution in [0.1, 0.15) is 40.0 Å². The average Bonchev–Trinajstić information content (AvgIpc) is 2.48. The summed E-state index contributed by atoms with van der Waals surface area (Å²) in [6.07, 6.45) is 1.22. The molecule has 2 unspecified atom stereocenters. The minimum atomic E-state index is -0.847. The Bertz CT molecular complexity index is 405. The largest absolute Gasteiger partial charge is 0.390 e. The standard InChI is InChI=1S/C15H27N3O3/c1-4-9-18-13(20)11(12(19)10(2)3)17-14(21)15(18)5-7-16-8-6-15/h10-12,16,19H,4-9H2,1-3H3,(H,17,21). The van der Waals surface area contributed by atoms with Gasteiger partial charge in [-0.2, -0.15) is 0 Å². The molecule has 2 amide bonds. The molecule has 0 saturated carbocycles. The summed E-state index contributed by atoms with van der Waals surface area (Å²) >= 11 is 0. The zero-order valence-corrected chi connectivity index (χ0v) is 13.2. The van der Waals surface area contributed by atoms with Gasteiger partial charge in [0.05, 0.1) is 6.10 Å². The van der Waals surface area contributed by atoms with Crippen molar-refractivity contribution in [3.63, 3.8) is 0 Å². The van der Waals surface area contributed by atoms with Crippen molar-refractivity contribution >= 4 is 11.8 Å². The first kappa shape index (κ1) is 16.2. The summed E-state index contributed by atoms with van der Waals surface area (Å²) in [6, 6.07) is -0.815. The summed E-state index contributed by atoms with van der Waals surface area (Å²) in [4.78, 5) is 27.2. The SMILES string of the molecule is CCCN1C(=O)C(C(O)C(C)C)NC(=O)C12CCNCC2. The first-order valence-corrected chi connectivity index (χ1v) is 7.95. The van der Waals surface area contributed by atoms with Gasteiger partial charge in [-0.05, 0) is 38.3 Å². The van der Waals surface area contributed by atoms with Crippen LogP contribution >= 0.6 is 0 Å². The summed E-state index contributed by atoms with van der Waals surface area (Å²) in [6.45, 7) is 7.74. The maximum absolute atomic E-state index is 12.8. The average molecular weight is 297 g/mol.